The van der Waals surface area contributed by atoms with Crippen molar-refractivity contribution in [3.05, 3.63) is 120 Å². The van der Waals surface area contributed by atoms with Crippen molar-refractivity contribution < 1.29 is 4.42 Å². The van der Waals surface area contributed by atoms with Crippen LogP contribution < -0.4 is 5.32 Å². The fourth-order valence-electron chi connectivity index (χ4n) is 4.32. The van der Waals surface area contributed by atoms with Gasteiger partial charge in [-0.15, -0.1) is 0 Å². The molecule has 0 amide bonds. The maximum absolute atomic E-state index is 9.76. The molecule has 0 aliphatic rings. The Labute approximate surface area is 218 Å². The highest BCUT2D eigenvalue weighted by Crippen LogP contribution is 2.32. The minimum absolute atomic E-state index is 0.200. The second kappa shape index (κ2) is 9.65. The molecule has 0 aliphatic carbocycles. The molecule has 1 N–H and O–H groups in total. The lowest BCUT2D eigenvalue weighted by Gasteiger charge is -2.05. The summed E-state index contributed by atoms with van der Waals surface area (Å²) >= 11 is 6.12. The Kier molecular flexibility index (Phi) is 5.89. The highest BCUT2D eigenvalue weighted by Gasteiger charge is 2.18. The van der Waals surface area contributed by atoms with E-state index in [-0.39, 0.29) is 5.69 Å². The van der Waals surface area contributed by atoms with Gasteiger partial charge >= 0.3 is 0 Å². The second-order valence-corrected chi connectivity index (χ2v) is 8.92. The van der Waals surface area contributed by atoms with Crippen LogP contribution in [0.4, 0.5) is 5.88 Å². The fraction of sp³-hybridized carbons (Fsp3) is 0.0333. The molecule has 0 fully saturated rings. The lowest BCUT2D eigenvalue weighted by atomic mass is 10.0. The predicted octanol–water partition coefficient (Wildman–Crippen LogP) is 7.48. The van der Waals surface area contributed by atoms with Crippen LogP contribution in [0.5, 0.6) is 0 Å². The Morgan fingerprint density at radius 1 is 0.892 bits per heavy atom. The third-order valence-corrected chi connectivity index (χ3v) is 6.37. The van der Waals surface area contributed by atoms with E-state index in [0.29, 0.717) is 23.3 Å². The number of nitrogens with zero attached hydrogens (tertiary/aromatic N) is 4. The minimum Gasteiger partial charge on any atom is -0.419 e. The Morgan fingerprint density at radius 3 is 2.46 bits per heavy atom. The van der Waals surface area contributed by atoms with Crippen molar-refractivity contribution >= 4 is 28.3 Å². The molecule has 0 aliphatic heterocycles. The highest BCUT2D eigenvalue weighted by molar-refractivity contribution is 6.30. The first kappa shape index (κ1) is 22.6. The maximum atomic E-state index is 9.76. The Hall–Kier alpha value is -4.86. The number of anilines is 1. The van der Waals surface area contributed by atoms with Crippen LogP contribution >= 0.6 is 11.6 Å². The molecule has 0 atom stereocenters. The van der Waals surface area contributed by atoms with E-state index in [0.717, 1.165) is 38.8 Å². The number of benzene rings is 4. The van der Waals surface area contributed by atoms with E-state index < -0.39 is 0 Å². The number of nitrogens with one attached hydrogen (secondary N) is 1. The van der Waals surface area contributed by atoms with Gasteiger partial charge in [0.1, 0.15) is 6.07 Å². The normalized spacial score (nSPS) is 10.9. The summed E-state index contributed by atoms with van der Waals surface area (Å²) in [5, 5.41) is 20.6. The van der Waals surface area contributed by atoms with Crippen LogP contribution in [0, 0.1) is 11.3 Å². The number of hydrogen-bond donors (Lipinski definition) is 1. The average Bonchev–Trinajstić information content (AvgIpc) is 3.57. The van der Waals surface area contributed by atoms with E-state index in [9.17, 15) is 5.26 Å². The first-order valence-corrected chi connectivity index (χ1v) is 12.1. The Morgan fingerprint density at radius 2 is 1.65 bits per heavy atom. The Bertz CT molecular complexity index is 1740. The number of hydrogen-bond acceptors (Lipinski definition) is 5. The molecule has 0 unspecified atom stereocenters. The number of rotatable bonds is 6. The van der Waals surface area contributed by atoms with Crippen LogP contribution in [0.25, 0.3) is 39.2 Å². The molecular formula is C30H20ClN5O. The number of halogens is 1. The van der Waals surface area contributed by atoms with Crippen molar-refractivity contribution in [2.24, 2.45) is 0 Å². The lowest BCUT2D eigenvalue weighted by molar-refractivity contribution is 0.585. The molecular weight excluding hydrogens is 482 g/mol. The number of fused-ring (bicyclic) bond motifs is 1. The topological polar surface area (TPSA) is 79.7 Å². The van der Waals surface area contributed by atoms with Gasteiger partial charge in [-0.1, -0.05) is 78.3 Å². The molecule has 0 radical (unpaired) electrons. The third-order valence-electron chi connectivity index (χ3n) is 6.12. The van der Waals surface area contributed by atoms with Gasteiger partial charge in [0.2, 0.25) is 17.5 Å². The number of nitriles is 1. The van der Waals surface area contributed by atoms with Crippen LogP contribution in [-0.2, 0) is 6.54 Å². The Balaban J connectivity index is 1.35. The van der Waals surface area contributed by atoms with Crippen LogP contribution in [0.3, 0.4) is 0 Å². The molecule has 0 spiro atoms. The highest BCUT2D eigenvalue weighted by atomic mass is 35.5. The molecule has 6 nitrogen and oxygen atoms in total. The molecule has 6 aromatic rings. The van der Waals surface area contributed by atoms with Gasteiger partial charge in [0.05, 0.1) is 11.4 Å². The summed E-state index contributed by atoms with van der Waals surface area (Å²) in [4.78, 5) is 4.48. The zero-order valence-electron chi connectivity index (χ0n) is 19.6. The van der Waals surface area contributed by atoms with Crippen molar-refractivity contribution in [2.75, 3.05) is 5.32 Å². The lowest BCUT2D eigenvalue weighted by Crippen LogP contribution is -2.00. The fourth-order valence-corrected chi connectivity index (χ4v) is 4.45. The molecule has 2 heterocycles. The molecule has 0 saturated heterocycles. The van der Waals surface area contributed by atoms with Crippen molar-refractivity contribution in [2.45, 2.75) is 6.54 Å². The van der Waals surface area contributed by atoms with Crippen molar-refractivity contribution in [1.29, 1.82) is 5.26 Å². The van der Waals surface area contributed by atoms with Gasteiger partial charge in [-0.3, -0.25) is 0 Å². The zero-order valence-corrected chi connectivity index (χ0v) is 20.4. The van der Waals surface area contributed by atoms with Crippen molar-refractivity contribution in [1.82, 2.24) is 14.8 Å². The van der Waals surface area contributed by atoms with Gasteiger partial charge in [0, 0.05) is 34.5 Å². The second-order valence-electron chi connectivity index (χ2n) is 8.48. The summed E-state index contributed by atoms with van der Waals surface area (Å²) < 4.78 is 7.93. The number of para-hydroxylation sites is 1. The van der Waals surface area contributed by atoms with E-state index in [4.69, 9.17) is 21.1 Å². The van der Waals surface area contributed by atoms with Crippen LogP contribution in [-0.4, -0.2) is 14.8 Å². The van der Waals surface area contributed by atoms with Gasteiger partial charge in [-0.25, -0.2) is 4.68 Å². The predicted molar refractivity (Wildman–Crippen MR) is 145 cm³/mol. The van der Waals surface area contributed by atoms with E-state index in [2.05, 4.69) is 16.4 Å². The van der Waals surface area contributed by atoms with Gasteiger partial charge in [0.25, 0.3) is 0 Å². The molecule has 0 saturated carbocycles. The molecule has 37 heavy (non-hydrogen) atoms. The molecule has 2 aromatic heterocycles. The third kappa shape index (κ3) is 4.44. The maximum Gasteiger partial charge on any atom is 0.232 e. The summed E-state index contributed by atoms with van der Waals surface area (Å²) in [7, 11) is 0. The van der Waals surface area contributed by atoms with Gasteiger partial charge in [0.15, 0.2) is 0 Å². The minimum atomic E-state index is 0.200. The monoisotopic (exact) mass is 501 g/mol. The van der Waals surface area contributed by atoms with Crippen LogP contribution in [0.1, 0.15) is 11.3 Å². The summed E-state index contributed by atoms with van der Waals surface area (Å²) in [5.41, 5.74) is 4.65. The van der Waals surface area contributed by atoms with Gasteiger partial charge < -0.3 is 9.73 Å². The molecule has 4 aromatic carbocycles. The van der Waals surface area contributed by atoms with Crippen molar-refractivity contribution in [3.8, 4) is 34.5 Å². The van der Waals surface area contributed by atoms with Crippen molar-refractivity contribution in [3.63, 3.8) is 0 Å². The summed E-state index contributed by atoms with van der Waals surface area (Å²) in [5.74, 6) is 0.716. The SMILES string of the molecule is N#Cc1nc(-c2cccc3ccccc23)oc1NCc1cn(-c2ccccc2)nc1-c1ccc(Cl)cc1. The van der Waals surface area contributed by atoms with E-state index in [1.165, 1.54) is 0 Å². The largest absolute Gasteiger partial charge is 0.419 e. The van der Waals surface area contributed by atoms with Crippen LogP contribution in [0.2, 0.25) is 5.02 Å². The molecule has 0 bridgehead atoms. The van der Waals surface area contributed by atoms with Crippen LogP contribution in [0.15, 0.2) is 108 Å². The van der Waals surface area contributed by atoms with Gasteiger partial charge in [-0.05, 0) is 41.1 Å². The molecule has 178 valence electrons. The first-order valence-electron chi connectivity index (χ1n) is 11.7. The average molecular weight is 502 g/mol. The smallest absolute Gasteiger partial charge is 0.232 e. The summed E-state index contributed by atoms with van der Waals surface area (Å²) in [6.45, 7) is 0.379. The standard InChI is InChI=1S/C30H20ClN5O/c31-23-15-13-21(14-16-23)28-22(19-36(35-28)24-9-2-1-3-10-24)18-33-30-27(17-32)34-29(37-30)26-12-6-8-20-7-4-5-11-25(20)26/h1-16,19,33H,18H2. The van der Waals surface area contributed by atoms with E-state index >= 15 is 0 Å². The molecule has 6 rings (SSSR count). The quantitative estimate of drug-likeness (QED) is 0.256. The van der Waals surface area contributed by atoms with Gasteiger partial charge in [-0.2, -0.15) is 15.3 Å². The molecule has 7 heteroatoms. The first-order chi connectivity index (χ1) is 18.2. The van der Waals surface area contributed by atoms with E-state index in [1.807, 2.05) is 108 Å². The zero-order chi connectivity index (χ0) is 25.2. The summed E-state index contributed by atoms with van der Waals surface area (Å²) in [6, 6.07) is 33.6. The summed E-state index contributed by atoms with van der Waals surface area (Å²) in [6.07, 6.45) is 1.97. The number of oxazole rings is 1. The van der Waals surface area contributed by atoms with E-state index in [1.54, 1.807) is 0 Å². The number of aromatic nitrogens is 3.